The van der Waals surface area contributed by atoms with Crippen LogP contribution in [0.2, 0.25) is 0 Å². The van der Waals surface area contributed by atoms with Crippen molar-refractivity contribution in [3.8, 4) is 0 Å². The zero-order valence-corrected chi connectivity index (χ0v) is 17.9. The summed E-state index contributed by atoms with van der Waals surface area (Å²) in [6, 6.07) is 14.9. The van der Waals surface area contributed by atoms with Crippen LogP contribution in [0.3, 0.4) is 0 Å². The lowest BCUT2D eigenvalue weighted by Crippen LogP contribution is -2.23. The number of thioether (sulfide) groups is 1. The third-order valence-corrected chi connectivity index (χ3v) is 8.68. The van der Waals surface area contributed by atoms with Crippen molar-refractivity contribution in [1.82, 2.24) is 0 Å². The second-order valence-corrected chi connectivity index (χ2v) is 10.4. The molecular weight excluding hydrogens is 410 g/mol. The smallest absolute Gasteiger partial charge is 0.225 e. The third-order valence-electron chi connectivity index (χ3n) is 4.90. The lowest BCUT2D eigenvalue weighted by atomic mass is 9.91. The summed E-state index contributed by atoms with van der Waals surface area (Å²) in [7, 11) is -3.70. The Kier molecular flexibility index (Phi) is 5.07. The zero-order valence-electron chi connectivity index (χ0n) is 15.4. The molecule has 1 aliphatic rings. The van der Waals surface area contributed by atoms with Crippen molar-refractivity contribution >= 4 is 44.5 Å². The van der Waals surface area contributed by atoms with Crippen LogP contribution in [-0.4, -0.2) is 20.6 Å². The second-order valence-electron chi connectivity index (χ2n) is 6.73. The molecule has 0 saturated heterocycles. The second kappa shape index (κ2) is 7.39. The van der Waals surface area contributed by atoms with Crippen molar-refractivity contribution < 1.29 is 13.2 Å². The summed E-state index contributed by atoms with van der Waals surface area (Å²) in [4.78, 5) is 14.8. The first kappa shape index (κ1) is 19.2. The number of aryl methyl sites for hydroxylation is 1. The largest absolute Gasteiger partial charge is 0.324 e. The van der Waals surface area contributed by atoms with E-state index in [1.165, 1.54) is 11.3 Å². The molecule has 0 spiro atoms. The van der Waals surface area contributed by atoms with Gasteiger partial charge >= 0.3 is 0 Å². The molecule has 0 aliphatic carbocycles. The topological polar surface area (TPSA) is 63.2 Å². The summed E-state index contributed by atoms with van der Waals surface area (Å²) < 4.78 is 26.3. The van der Waals surface area contributed by atoms with Crippen LogP contribution in [0.1, 0.15) is 28.3 Å². The number of hydrogen-bond donors (Lipinski definition) is 1. The molecule has 0 saturated carbocycles. The van der Waals surface area contributed by atoms with Crippen LogP contribution in [0, 0.1) is 6.92 Å². The van der Waals surface area contributed by atoms with Gasteiger partial charge in [0.05, 0.1) is 10.6 Å². The molecule has 4 nitrogen and oxygen atoms in total. The summed E-state index contributed by atoms with van der Waals surface area (Å²) >= 11 is 3.05. The molecule has 1 aromatic heterocycles. The number of amides is 1. The van der Waals surface area contributed by atoms with E-state index in [1.807, 2.05) is 37.4 Å². The highest BCUT2D eigenvalue weighted by atomic mass is 32.2. The fraction of sp³-hybridized carbons (Fsp3) is 0.190. The maximum atomic E-state index is 13.2. The lowest BCUT2D eigenvalue weighted by Gasteiger charge is -2.24. The van der Waals surface area contributed by atoms with Gasteiger partial charge in [-0.1, -0.05) is 29.8 Å². The van der Waals surface area contributed by atoms with E-state index in [2.05, 4.69) is 5.32 Å². The quantitative estimate of drug-likeness (QED) is 0.587. The molecule has 1 amide bonds. The van der Waals surface area contributed by atoms with E-state index in [0.717, 1.165) is 20.9 Å². The Morgan fingerprint density at radius 3 is 2.39 bits per heavy atom. The molecule has 0 fully saturated rings. The van der Waals surface area contributed by atoms with Gasteiger partial charge in [-0.15, -0.1) is 23.1 Å². The molecular formula is C21H19NO3S3. The van der Waals surface area contributed by atoms with Crippen molar-refractivity contribution in [3.05, 3.63) is 69.9 Å². The van der Waals surface area contributed by atoms with Gasteiger partial charge in [0.15, 0.2) is 0 Å². The predicted octanol–water partition coefficient (Wildman–Crippen LogP) is 5.09. The van der Waals surface area contributed by atoms with Crippen molar-refractivity contribution in [2.75, 3.05) is 11.6 Å². The first-order valence-corrected chi connectivity index (χ1v) is 12.4. The van der Waals surface area contributed by atoms with Gasteiger partial charge in [-0.25, -0.2) is 8.42 Å². The molecule has 2 aromatic carbocycles. The van der Waals surface area contributed by atoms with Crippen LogP contribution in [0.15, 0.2) is 68.6 Å². The van der Waals surface area contributed by atoms with Gasteiger partial charge in [-0.3, -0.25) is 4.79 Å². The summed E-state index contributed by atoms with van der Waals surface area (Å²) in [6.45, 7) is 1.91. The van der Waals surface area contributed by atoms with Crippen LogP contribution in [0.25, 0.3) is 0 Å². The van der Waals surface area contributed by atoms with Gasteiger partial charge in [0, 0.05) is 27.5 Å². The van der Waals surface area contributed by atoms with E-state index in [-0.39, 0.29) is 21.6 Å². The van der Waals surface area contributed by atoms with Gasteiger partial charge in [0.2, 0.25) is 15.7 Å². The van der Waals surface area contributed by atoms with Gasteiger partial charge in [0.1, 0.15) is 4.90 Å². The van der Waals surface area contributed by atoms with E-state index >= 15 is 0 Å². The summed E-state index contributed by atoms with van der Waals surface area (Å²) in [5.74, 6) is -0.295. The predicted molar refractivity (Wildman–Crippen MR) is 114 cm³/mol. The minimum absolute atomic E-state index is 0.133. The average molecular weight is 430 g/mol. The van der Waals surface area contributed by atoms with Crippen LogP contribution in [-0.2, 0) is 14.6 Å². The maximum Gasteiger partial charge on any atom is 0.225 e. The monoisotopic (exact) mass is 429 g/mol. The molecule has 3 aromatic rings. The number of nitrogens with one attached hydrogen (secondary N) is 1. The van der Waals surface area contributed by atoms with E-state index in [1.54, 1.807) is 41.4 Å². The van der Waals surface area contributed by atoms with Crippen molar-refractivity contribution in [3.63, 3.8) is 0 Å². The highest BCUT2D eigenvalue weighted by Crippen LogP contribution is 2.46. The number of carbonyl (C=O) groups is 1. The number of hydrogen-bond acceptors (Lipinski definition) is 5. The number of sulfone groups is 1. The normalized spacial score (nSPS) is 16.5. The van der Waals surface area contributed by atoms with Gasteiger partial charge in [-0.05, 0) is 43.0 Å². The Hall–Kier alpha value is -2.09. The number of rotatable bonds is 4. The van der Waals surface area contributed by atoms with E-state index in [0.29, 0.717) is 12.1 Å². The lowest BCUT2D eigenvalue weighted by molar-refractivity contribution is -0.116. The molecule has 1 atom stereocenters. The summed E-state index contributed by atoms with van der Waals surface area (Å²) in [6.07, 6.45) is 2.33. The standard InChI is InChI=1S/C21H19NO3S3/c1-13-3-9-16(10-4-13)28(24,25)18-12-27-21-17(11-19(23)22-20(18)21)14-5-7-15(26-2)8-6-14/h3-10,12,17H,11H2,1-2H3,(H,22,23). The van der Waals surface area contributed by atoms with Gasteiger partial charge in [-0.2, -0.15) is 0 Å². The number of benzene rings is 2. The molecule has 144 valence electrons. The molecule has 1 unspecified atom stereocenters. The fourth-order valence-corrected chi connectivity index (χ4v) is 6.67. The highest BCUT2D eigenvalue weighted by molar-refractivity contribution is 7.98. The molecule has 4 rings (SSSR count). The minimum Gasteiger partial charge on any atom is -0.324 e. The maximum absolute atomic E-state index is 13.2. The number of anilines is 1. The van der Waals surface area contributed by atoms with Gasteiger partial charge in [0.25, 0.3) is 0 Å². The molecule has 1 N–H and O–H groups in total. The number of carbonyl (C=O) groups excluding carboxylic acids is 1. The Morgan fingerprint density at radius 1 is 1.07 bits per heavy atom. The summed E-state index contributed by atoms with van der Waals surface area (Å²) in [5.41, 5.74) is 2.45. The van der Waals surface area contributed by atoms with E-state index in [9.17, 15) is 13.2 Å². The fourth-order valence-electron chi connectivity index (χ4n) is 3.35. The van der Waals surface area contributed by atoms with Crippen LogP contribution >= 0.6 is 23.1 Å². The highest BCUT2D eigenvalue weighted by Gasteiger charge is 2.34. The minimum atomic E-state index is -3.70. The Bertz CT molecular complexity index is 1130. The average Bonchev–Trinajstić information content (AvgIpc) is 3.12. The van der Waals surface area contributed by atoms with Crippen molar-refractivity contribution in [2.45, 2.75) is 33.9 Å². The SMILES string of the molecule is CSc1ccc(C2CC(=O)Nc3c(S(=O)(=O)c4ccc(C)cc4)csc32)cc1. The Balaban J connectivity index is 1.79. The molecule has 2 heterocycles. The van der Waals surface area contributed by atoms with Crippen molar-refractivity contribution in [1.29, 1.82) is 0 Å². The molecule has 0 bridgehead atoms. The van der Waals surface area contributed by atoms with Crippen LogP contribution in [0.4, 0.5) is 5.69 Å². The zero-order chi connectivity index (χ0) is 19.9. The Labute approximate surface area is 172 Å². The van der Waals surface area contributed by atoms with Crippen LogP contribution in [0.5, 0.6) is 0 Å². The molecule has 1 aliphatic heterocycles. The molecule has 0 radical (unpaired) electrons. The first-order chi connectivity index (χ1) is 13.4. The number of fused-ring (bicyclic) bond motifs is 1. The Morgan fingerprint density at radius 2 is 1.75 bits per heavy atom. The third kappa shape index (κ3) is 3.38. The van der Waals surface area contributed by atoms with Crippen LogP contribution < -0.4 is 5.32 Å². The first-order valence-electron chi connectivity index (χ1n) is 8.77. The molecule has 7 heteroatoms. The molecule has 28 heavy (non-hydrogen) atoms. The van der Waals surface area contributed by atoms with E-state index in [4.69, 9.17) is 0 Å². The summed E-state index contributed by atoms with van der Waals surface area (Å²) in [5, 5.41) is 4.45. The van der Waals surface area contributed by atoms with E-state index < -0.39 is 9.84 Å². The number of thiophene rings is 1. The van der Waals surface area contributed by atoms with Gasteiger partial charge < -0.3 is 5.32 Å². The van der Waals surface area contributed by atoms with Crippen molar-refractivity contribution in [2.24, 2.45) is 0 Å².